The molecule has 1 aliphatic heterocycles. The predicted octanol–water partition coefficient (Wildman–Crippen LogP) is 4.85. The van der Waals surface area contributed by atoms with Crippen LogP contribution < -0.4 is 5.32 Å². The molecule has 31 heavy (non-hydrogen) atoms. The average molecular weight is 421 g/mol. The molecule has 1 aliphatic rings. The van der Waals surface area contributed by atoms with Crippen LogP contribution in [0.15, 0.2) is 42.5 Å². The van der Waals surface area contributed by atoms with E-state index in [1.54, 1.807) is 11.0 Å². The Hall–Kier alpha value is -3.35. The monoisotopic (exact) mass is 420 g/mol. The van der Waals surface area contributed by atoms with Crippen molar-refractivity contribution in [3.63, 3.8) is 0 Å². The first-order chi connectivity index (χ1) is 14.7. The Kier molecular flexibility index (Phi) is 5.43. The van der Waals surface area contributed by atoms with Crippen LogP contribution in [0.25, 0.3) is 10.8 Å². The zero-order valence-electron chi connectivity index (χ0n) is 18.4. The highest BCUT2D eigenvalue weighted by atomic mass is 16.6. The molecule has 0 spiro atoms. The molecule has 0 aliphatic carbocycles. The average Bonchev–Trinajstić information content (AvgIpc) is 3.38. The fourth-order valence-corrected chi connectivity index (χ4v) is 3.89. The summed E-state index contributed by atoms with van der Waals surface area (Å²) in [5.74, 6) is -0.162. The molecule has 0 bridgehead atoms. The smallest absolute Gasteiger partial charge is 0.410 e. The van der Waals surface area contributed by atoms with Crippen molar-refractivity contribution in [3.05, 3.63) is 59.4 Å². The van der Waals surface area contributed by atoms with Crippen LogP contribution in [0.3, 0.4) is 0 Å². The van der Waals surface area contributed by atoms with Crippen molar-refractivity contribution in [3.8, 4) is 0 Å². The number of aromatic nitrogens is 2. The van der Waals surface area contributed by atoms with E-state index in [0.717, 1.165) is 34.1 Å². The molecule has 7 nitrogen and oxygen atoms in total. The Bertz CT molecular complexity index is 1130. The van der Waals surface area contributed by atoms with Crippen molar-refractivity contribution in [2.24, 2.45) is 0 Å². The molecule has 1 unspecified atom stereocenters. The van der Waals surface area contributed by atoms with Crippen LogP contribution in [0.2, 0.25) is 0 Å². The third-order valence-corrected chi connectivity index (χ3v) is 5.49. The van der Waals surface area contributed by atoms with Gasteiger partial charge in [-0.1, -0.05) is 36.4 Å². The second-order valence-electron chi connectivity index (χ2n) is 9.05. The molecule has 2 heterocycles. The Morgan fingerprint density at radius 2 is 1.97 bits per heavy atom. The van der Waals surface area contributed by atoms with Crippen LogP contribution in [0.5, 0.6) is 0 Å². The number of hydrogen-bond donors (Lipinski definition) is 2. The van der Waals surface area contributed by atoms with Crippen molar-refractivity contribution in [1.29, 1.82) is 0 Å². The zero-order valence-corrected chi connectivity index (χ0v) is 18.4. The van der Waals surface area contributed by atoms with Gasteiger partial charge in [-0.2, -0.15) is 5.10 Å². The van der Waals surface area contributed by atoms with E-state index in [1.165, 1.54) is 0 Å². The summed E-state index contributed by atoms with van der Waals surface area (Å²) in [5.41, 5.74) is 2.45. The van der Waals surface area contributed by atoms with Crippen LogP contribution in [0.1, 0.15) is 54.9 Å². The van der Waals surface area contributed by atoms with Crippen molar-refractivity contribution >= 4 is 28.5 Å². The number of amides is 2. The molecule has 1 aromatic heterocycles. The van der Waals surface area contributed by atoms with Crippen LogP contribution in [0.4, 0.5) is 10.5 Å². The molecule has 1 atom stereocenters. The predicted molar refractivity (Wildman–Crippen MR) is 120 cm³/mol. The molecular formula is C24H28N4O3. The lowest BCUT2D eigenvalue weighted by molar-refractivity contribution is 0.0292. The molecule has 0 radical (unpaired) electrons. The van der Waals surface area contributed by atoms with Crippen molar-refractivity contribution in [2.75, 3.05) is 18.4 Å². The van der Waals surface area contributed by atoms with Gasteiger partial charge >= 0.3 is 6.09 Å². The fraction of sp³-hybridized carbons (Fsp3) is 0.375. The topological polar surface area (TPSA) is 87.3 Å². The lowest BCUT2D eigenvalue weighted by Crippen LogP contribution is -2.35. The highest BCUT2D eigenvalue weighted by molar-refractivity contribution is 6.09. The molecule has 0 saturated carbocycles. The summed E-state index contributed by atoms with van der Waals surface area (Å²) in [6.07, 6.45) is 0.490. The Balaban J connectivity index is 1.46. The Morgan fingerprint density at radius 3 is 2.74 bits per heavy atom. The van der Waals surface area contributed by atoms with Gasteiger partial charge in [0.2, 0.25) is 0 Å². The largest absolute Gasteiger partial charge is 0.444 e. The van der Waals surface area contributed by atoms with E-state index >= 15 is 0 Å². The highest BCUT2D eigenvalue weighted by Gasteiger charge is 2.31. The number of carbonyl (C=O) groups excluding carboxylic acids is 2. The maximum Gasteiger partial charge on any atom is 0.410 e. The van der Waals surface area contributed by atoms with Gasteiger partial charge in [-0.05, 0) is 51.1 Å². The number of ether oxygens (including phenoxy) is 1. The molecule has 7 heteroatoms. The number of fused-ring (bicyclic) bond motifs is 1. The number of aromatic amines is 1. The number of nitrogens with zero attached hydrogens (tertiary/aromatic N) is 2. The van der Waals surface area contributed by atoms with Crippen LogP contribution in [-0.4, -0.2) is 45.8 Å². The summed E-state index contributed by atoms with van der Waals surface area (Å²) >= 11 is 0. The van der Waals surface area contributed by atoms with E-state index in [9.17, 15) is 9.59 Å². The van der Waals surface area contributed by atoms with Gasteiger partial charge in [0.15, 0.2) is 5.69 Å². The summed E-state index contributed by atoms with van der Waals surface area (Å²) in [6, 6.07) is 13.8. The minimum absolute atomic E-state index is 0.0980. The van der Waals surface area contributed by atoms with E-state index < -0.39 is 5.60 Å². The van der Waals surface area contributed by atoms with Gasteiger partial charge in [-0.15, -0.1) is 0 Å². The lowest BCUT2D eigenvalue weighted by atomic mass is 10.0. The number of likely N-dealkylation sites (tertiary alicyclic amines) is 1. The van der Waals surface area contributed by atoms with E-state index in [2.05, 4.69) is 15.5 Å². The first kappa shape index (κ1) is 20.9. The molecular weight excluding hydrogens is 392 g/mol. The normalized spacial score (nSPS) is 16.5. The summed E-state index contributed by atoms with van der Waals surface area (Å²) in [6.45, 7) is 8.71. The number of H-pyrrole nitrogens is 1. The molecule has 2 N–H and O–H groups in total. The van der Waals surface area contributed by atoms with Crippen molar-refractivity contribution in [2.45, 2.75) is 45.6 Å². The quantitative estimate of drug-likeness (QED) is 0.634. The van der Waals surface area contributed by atoms with Gasteiger partial charge in [0.05, 0.1) is 5.69 Å². The SMILES string of the molecule is Cc1ccc2ccccc2c1NC(=O)c1cc(C2CCN(C(=O)OC(C)(C)C)C2)[nH]n1. The van der Waals surface area contributed by atoms with E-state index in [0.29, 0.717) is 18.8 Å². The van der Waals surface area contributed by atoms with Crippen LogP contribution in [0, 0.1) is 6.92 Å². The summed E-state index contributed by atoms with van der Waals surface area (Å²) in [4.78, 5) is 26.9. The maximum absolute atomic E-state index is 12.9. The van der Waals surface area contributed by atoms with Gasteiger partial charge < -0.3 is 15.0 Å². The van der Waals surface area contributed by atoms with Crippen molar-refractivity contribution < 1.29 is 14.3 Å². The van der Waals surface area contributed by atoms with Gasteiger partial charge in [0.1, 0.15) is 5.60 Å². The summed E-state index contributed by atoms with van der Waals surface area (Å²) in [7, 11) is 0. The van der Waals surface area contributed by atoms with Gasteiger partial charge in [-0.3, -0.25) is 9.89 Å². The highest BCUT2D eigenvalue weighted by Crippen LogP contribution is 2.29. The van der Waals surface area contributed by atoms with E-state index in [1.807, 2.05) is 64.1 Å². The summed E-state index contributed by atoms with van der Waals surface area (Å²) in [5, 5.41) is 12.3. The second-order valence-corrected chi connectivity index (χ2v) is 9.05. The van der Waals surface area contributed by atoms with Gasteiger partial charge in [0.25, 0.3) is 5.91 Å². The third kappa shape index (κ3) is 4.55. The van der Waals surface area contributed by atoms with Gasteiger partial charge in [-0.25, -0.2) is 4.79 Å². The molecule has 4 rings (SSSR count). The number of carbonyl (C=O) groups is 2. The van der Waals surface area contributed by atoms with Crippen molar-refractivity contribution in [1.82, 2.24) is 15.1 Å². The number of rotatable bonds is 3. The maximum atomic E-state index is 12.9. The minimum Gasteiger partial charge on any atom is -0.444 e. The molecule has 3 aromatic rings. The Morgan fingerprint density at radius 1 is 1.19 bits per heavy atom. The second kappa shape index (κ2) is 8.06. The lowest BCUT2D eigenvalue weighted by Gasteiger charge is -2.24. The molecule has 1 saturated heterocycles. The molecule has 162 valence electrons. The summed E-state index contributed by atoms with van der Waals surface area (Å²) < 4.78 is 5.46. The molecule has 2 aromatic carbocycles. The molecule has 2 amide bonds. The Labute approximate surface area is 181 Å². The van der Waals surface area contributed by atoms with Gasteiger partial charge in [0, 0.05) is 30.1 Å². The first-order valence-corrected chi connectivity index (χ1v) is 10.5. The number of anilines is 1. The molecule has 1 fully saturated rings. The minimum atomic E-state index is -0.520. The number of nitrogens with one attached hydrogen (secondary N) is 2. The van der Waals surface area contributed by atoms with Crippen LogP contribution in [-0.2, 0) is 4.74 Å². The third-order valence-electron chi connectivity index (χ3n) is 5.49. The van der Waals surface area contributed by atoms with Crippen LogP contribution >= 0.6 is 0 Å². The number of hydrogen-bond acceptors (Lipinski definition) is 4. The standard InChI is InChI=1S/C24H28N4O3/c1-15-9-10-16-7-5-6-8-18(16)21(15)25-22(29)20-13-19(26-27-20)17-11-12-28(14-17)23(30)31-24(2,3)4/h5-10,13,17H,11-12,14H2,1-4H3,(H,25,29)(H,26,27). The van der Waals surface area contributed by atoms with E-state index in [4.69, 9.17) is 4.74 Å². The first-order valence-electron chi connectivity index (χ1n) is 10.5. The number of aryl methyl sites for hydroxylation is 1. The zero-order chi connectivity index (χ0) is 22.2. The number of benzene rings is 2. The van der Waals surface area contributed by atoms with E-state index in [-0.39, 0.29) is 17.9 Å². The fourth-order valence-electron chi connectivity index (χ4n) is 3.89.